The van der Waals surface area contributed by atoms with Crippen molar-refractivity contribution in [2.24, 2.45) is 5.92 Å². The molecule has 31 heavy (non-hydrogen) atoms. The first-order valence-electron chi connectivity index (χ1n) is 11.0. The number of nitrogens with zero attached hydrogens (tertiary/aromatic N) is 2. The molecule has 0 bridgehead atoms. The van der Waals surface area contributed by atoms with Crippen LogP contribution in [0.15, 0.2) is 48.5 Å². The van der Waals surface area contributed by atoms with Crippen molar-refractivity contribution < 1.29 is 13.9 Å². The standard InChI is InChI=1S/C25H34FN3O2/c1-18(2)17-31-24-11-7-19(8-12-24)15-27-25(30)29(23-13-22(14-23)28(3)4)16-20-5-9-21(26)10-6-20/h5-12,18,22-23H,13-17H2,1-4H3,(H,27,30). The number of hydrogen-bond acceptors (Lipinski definition) is 3. The minimum absolute atomic E-state index is 0.0911. The molecule has 168 valence electrons. The lowest BCUT2D eigenvalue weighted by Crippen LogP contribution is -2.55. The molecule has 0 aliphatic heterocycles. The molecule has 1 aliphatic carbocycles. The van der Waals surface area contributed by atoms with Crippen molar-refractivity contribution in [2.45, 2.75) is 51.9 Å². The summed E-state index contributed by atoms with van der Waals surface area (Å²) < 4.78 is 19.0. The molecule has 1 N–H and O–H groups in total. The van der Waals surface area contributed by atoms with E-state index in [0.717, 1.165) is 29.7 Å². The fourth-order valence-electron chi connectivity index (χ4n) is 3.63. The second-order valence-electron chi connectivity index (χ2n) is 9.00. The zero-order chi connectivity index (χ0) is 22.4. The van der Waals surface area contributed by atoms with Gasteiger partial charge in [0.2, 0.25) is 0 Å². The second kappa shape index (κ2) is 10.6. The van der Waals surface area contributed by atoms with Gasteiger partial charge in [-0.25, -0.2) is 9.18 Å². The third kappa shape index (κ3) is 6.69. The Labute approximate surface area is 185 Å². The summed E-state index contributed by atoms with van der Waals surface area (Å²) in [6.07, 6.45) is 1.90. The second-order valence-corrected chi connectivity index (χ2v) is 9.00. The number of carbonyl (C=O) groups excluding carboxylic acids is 1. The van der Waals surface area contributed by atoms with Crippen LogP contribution in [0.5, 0.6) is 5.75 Å². The number of halogens is 1. The summed E-state index contributed by atoms with van der Waals surface area (Å²) in [5.41, 5.74) is 1.95. The van der Waals surface area contributed by atoms with E-state index in [-0.39, 0.29) is 17.9 Å². The molecule has 0 radical (unpaired) electrons. The average molecular weight is 428 g/mol. The highest BCUT2D eigenvalue weighted by molar-refractivity contribution is 5.74. The van der Waals surface area contributed by atoms with E-state index in [1.807, 2.05) is 29.2 Å². The SMILES string of the molecule is CC(C)COc1ccc(CNC(=O)N(Cc2ccc(F)cc2)C2CC(N(C)C)C2)cc1. The molecule has 6 heteroatoms. The first-order chi connectivity index (χ1) is 14.8. The topological polar surface area (TPSA) is 44.8 Å². The van der Waals surface area contributed by atoms with Gasteiger partial charge < -0.3 is 19.9 Å². The quantitative estimate of drug-likeness (QED) is 0.633. The maximum absolute atomic E-state index is 13.3. The third-order valence-corrected chi connectivity index (χ3v) is 5.74. The highest BCUT2D eigenvalue weighted by atomic mass is 19.1. The molecule has 0 atom stereocenters. The predicted octanol–water partition coefficient (Wildman–Crippen LogP) is 4.66. The molecule has 2 amide bonds. The van der Waals surface area contributed by atoms with Crippen LogP contribution in [0.25, 0.3) is 0 Å². The zero-order valence-corrected chi connectivity index (χ0v) is 19.0. The summed E-state index contributed by atoms with van der Waals surface area (Å²) in [7, 11) is 4.14. The molecule has 5 nitrogen and oxygen atoms in total. The van der Waals surface area contributed by atoms with Crippen LogP contribution in [0.4, 0.5) is 9.18 Å². The Bertz CT molecular complexity index is 831. The van der Waals surface area contributed by atoms with Crippen molar-refractivity contribution in [1.82, 2.24) is 15.1 Å². The minimum Gasteiger partial charge on any atom is -0.493 e. The number of ether oxygens (including phenoxy) is 1. The predicted molar refractivity (Wildman–Crippen MR) is 121 cm³/mol. The molecule has 0 heterocycles. The van der Waals surface area contributed by atoms with Crippen LogP contribution in [0, 0.1) is 11.7 Å². The normalized spacial score (nSPS) is 18.0. The van der Waals surface area contributed by atoms with Gasteiger partial charge in [0, 0.05) is 25.2 Å². The smallest absolute Gasteiger partial charge is 0.318 e. The van der Waals surface area contributed by atoms with E-state index in [9.17, 15) is 9.18 Å². The van der Waals surface area contributed by atoms with Crippen molar-refractivity contribution in [2.75, 3.05) is 20.7 Å². The Morgan fingerprint density at radius 1 is 1.03 bits per heavy atom. The molecular formula is C25H34FN3O2. The van der Waals surface area contributed by atoms with E-state index in [1.54, 1.807) is 12.1 Å². The maximum atomic E-state index is 13.3. The summed E-state index contributed by atoms with van der Waals surface area (Å²) >= 11 is 0. The molecule has 2 aromatic rings. The van der Waals surface area contributed by atoms with Crippen LogP contribution in [0.2, 0.25) is 0 Å². The van der Waals surface area contributed by atoms with Gasteiger partial charge in [-0.15, -0.1) is 0 Å². The van der Waals surface area contributed by atoms with Crippen molar-refractivity contribution >= 4 is 6.03 Å². The zero-order valence-electron chi connectivity index (χ0n) is 19.0. The van der Waals surface area contributed by atoms with Gasteiger partial charge in [0.1, 0.15) is 11.6 Å². The molecule has 3 rings (SSSR count). The van der Waals surface area contributed by atoms with Gasteiger partial charge in [-0.3, -0.25) is 0 Å². The number of carbonyl (C=O) groups is 1. The molecule has 1 saturated carbocycles. The van der Waals surface area contributed by atoms with Gasteiger partial charge in [-0.05, 0) is 68.2 Å². The summed E-state index contributed by atoms with van der Waals surface area (Å²) in [6, 6.07) is 14.8. The maximum Gasteiger partial charge on any atom is 0.318 e. The highest BCUT2D eigenvalue weighted by Crippen LogP contribution is 2.30. The summed E-state index contributed by atoms with van der Waals surface area (Å²) in [6.45, 7) is 5.84. The van der Waals surface area contributed by atoms with Crippen molar-refractivity contribution in [1.29, 1.82) is 0 Å². The lowest BCUT2D eigenvalue weighted by Gasteiger charge is -2.45. The van der Waals surface area contributed by atoms with E-state index in [1.165, 1.54) is 12.1 Å². The van der Waals surface area contributed by atoms with Crippen LogP contribution in [0.1, 0.15) is 37.8 Å². The van der Waals surface area contributed by atoms with Crippen LogP contribution in [-0.2, 0) is 13.1 Å². The monoisotopic (exact) mass is 427 g/mol. The first-order valence-corrected chi connectivity index (χ1v) is 11.0. The van der Waals surface area contributed by atoms with Gasteiger partial charge in [-0.1, -0.05) is 38.1 Å². The number of nitrogens with one attached hydrogen (secondary N) is 1. The molecule has 0 saturated heterocycles. The summed E-state index contributed by atoms with van der Waals surface area (Å²) in [5, 5.41) is 3.05. The van der Waals surface area contributed by atoms with Gasteiger partial charge in [0.15, 0.2) is 0 Å². The van der Waals surface area contributed by atoms with E-state index < -0.39 is 0 Å². The lowest BCUT2D eigenvalue weighted by molar-refractivity contribution is 0.0677. The fraction of sp³-hybridized carbons (Fsp3) is 0.480. The van der Waals surface area contributed by atoms with Crippen LogP contribution in [-0.4, -0.2) is 48.6 Å². The molecular weight excluding hydrogens is 393 g/mol. The molecule has 0 unspecified atom stereocenters. The first kappa shape index (κ1) is 23.1. The van der Waals surface area contributed by atoms with Crippen LogP contribution in [0.3, 0.4) is 0 Å². The van der Waals surface area contributed by atoms with Crippen LogP contribution >= 0.6 is 0 Å². The Morgan fingerprint density at radius 2 is 1.65 bits per heavy atom. The Kier molecular flexibility index (Phi) is 7.91. The molecule has 0 aromatic heterocycles. The van der Waals surface area contributed by atoms with Gasteiger partial charge in [0.05, 0.1) is 6.61 Å². The van der Waals surface area contributed by atoms with E-state index in [4.69, 9.17) is 4.74 Å². The molecule has 1 fully saturated rings. The van der Waals surface area contributed by atoms with Crippen molar-refractivity contribution in [3.63, 3.8) is 0 Å². The largest absolute Gasteiger partial charge is 0.493 e. The third-order valence-electron chi connectivity index (χ3n) is 5.74. The number of hydrogen-bond donors (Lipinski definition) is 1. The number of rotatable bonds is 9. The van der Waals surface area contributed by atoms with E-state index in [2.05, 4.69) is 38.2 Å². The fourth-order valence-corrected chi connectivity index (χ4v) is 3.63. The van der Waals surface area contributed by atoms with E-state index in [0.29, 0.717) is 31.7 Å². The summed E-state index contributed by atoms with van der Waals surface area (Å²) in [5.74, 6) is 1.05. The number of urea groups is 1. The molecule has 0 spiro atoms. The Morgan fingerprint density at radius 3 is 2.23 bits per heavy atom. The number of benzene rings is 2. The van der Waals surface area contributed by atoms with Gasteiger partial charge in [0.25, 0.3) is 0 Å². The van der Waals surface area contributed by atoms with Gasteiger partial charge in [-0.2, -0.15) is 0 Å². The Hall–Kier alpha value is -2.60. The average Bonchev–Trinajstić information content (AvgIpc) is 2.70. The van der Waals surface area contributed by atoms with Crippen molar-refractivity contribution in [3.8, 4) is 5.75 Å². The Balaban J connectivity index is 1.59. The number of amides is 2. The van der Waals surface area contributed by atoms with Gasteiger partial charge >= 0.3 is 6.03 Å². The minimum atomic E-state index is -0.267. The lowest BCUT2D eigenvalue weighted by atomic mass is 9.84. The highest BCUT2D eigenvalue weighted by Gasteiger charge is 2.37. The van der Waals surface area contributed by atoms with Crippen molar-refractivity contribution in [3.05, 3.63) is 65.5 Å². The summed E-state index contributed by atoms with van der Waals surface area (Å²) in [4.78, 5) is 17.1. The van der Waals surface area contributed by atoms with E-state index >= 15 is 0 Å². The molecule has 1 aliphatic rings. The van der Waals surface area contributed by atoms with Crippen LogP contribution < -0.4 is 10.1 Å². The molecule has 2 aromatic carbocycles.